The summed E-state index contributed by atoms with van der Waals surface area (Å²) < 4.78 is 26.2. The third-order valence-corrected chi connectivity index (χ3v) is 5.69. The highest BCUT2D eigenvalue weighted by Crippen LogP contribution is 2.10. The number of carbonyl (C=O) groups is 1. The van der Waals surface area contributed by atoms with Crippen LogP contribution in [0, 0.1) is 7.14 Å². The van der Waals surface area contributed by atoms with Crippen molar-refractivity contribution in [3.05, 3.63) is 78.3 Å². The molecule has 0 fully saturated rings. The molecule has 2 aromatic rings. The van der Waals surface area contributed by atoms with Gasteiger partial charge in [0.25, 0.3) is 0 Å². The van der Waals surface area contributed by atoms with Gasteiger partial charge in [0.1, 0.15) is 5.75 Å². The van der Waals surface area contributed by atoms with Crippen molar-refractivity contribution in [1.82, 2.24) is 0 Å². The first-order valence-corrected chi connectivity index (χ1v) is 10.8. The second kappa shape index (κ2) is 8.91. The summed E-state index contributed by atoms with van der Waals surface area (Å²) in [5.74, 6) is -0.977. The fraction of sp³-hybridized carbons (Fsp3) is 0.0556. The van der Waals surface area contributed by atoms with Gasteiger partial charge < -0.3 is 0 Å². The normalized spacial score (nSPS) is 12.1. The number of ketones is 1. The first-order chi connectivity index (χ1) is 11.3. The number of hydrogen-bond donors (Lipinski definition) is 0. The first-order valence-electron chi connectivity index (χ1n) is 6.97. The van der Waals surface area contributed by atoms with Crippen molar-refractivity contribution in [3.63, 3.8) is 0 Å². The fourth-order valence-electron chi connectivity index (χ4n) is 1.81. The molecule has 0 aromatic heterocycles. The molecule has 0 aliphatic rings. The van der Waals surface area contributed by atoms with Crippen molar-refractivity contribution < 1.29 is 13.2 Å². The summed E-state index contributed by atoms with van der Waals surface area (Å²) in [7, 11) is -3.58. The maximum Gasteiger partial charge on any atom is 0.179 e. The number of benzene rings is 2. The Morgan fingerprint density at radius 2 is 1.29 bits per heavy atom. The summed E-state index contributed by atoms with van der Waals surface area (Å²) in [5, 5.41) is 1.09. The minimum absolute atomic E-state index is 0.444. The Kier molecular flexibility index (Phi) is 7.17. The number of sulfone groups is 1. The number of allylic oxidation sites excluding steroid dienone is 1. The summed E-state index contributed by atoms with van der Waals surface area (Å²) in [6, 6.07) is 15.0. The molecule has 124 valence electrons. The molecule has 2 aromatic carbocycles. The van der Waals surface area contributed by atoms with Gasteiger partial charge in [0.15, 0.2) is 15.6 Å². The lowest BCUT2D eigenvalue weighted by atomic mass is 10.2. The van der Waals surface area contributed by atoms with Crippen molar-refractivity contribution in [1.29, 1.82) is 0 Å². The summed E-state index contributed by atoms with van der Waals surface area (Å²) in [6.07, 6.45) is 4.43. The molecular formula is C18H14I2O3S. The molecule has 3 nitrogen and oxygen atoms in total. The number of hydrogen-bond acceptors (Lipinski definition) is 3. The smallest absolute Gasteiger partial charge is 0.179 e. The minimum Gasteiger partial charge on any atom is -0.294 e. The molecule has 0 bridgehead atoms. The highest BCUT2D eigenvalue weighted by Gasteiger charge is 2.11. The predicted octanol–water partition coefficient (Wildman–Crippen LogP) is 4.56. The zero-order valence-corrected chi connectivity index (χ0v) is 17.7. The average Bonchev–Trinajstić information content (AvgIpc) is 2.53. The van der Waals surface area contributed by atoms with Crippen LogP contribution in [0.3, 0.4) is 0 Å². The molecule has 0 heterocycles. The molecule has 0 unspecified atom stereocenters. The standard InChI is InChI=1S/C18H14I2O3S/c19-16-6-1-14(2-7-16)5-10-18(21)13-24(22,23)12-11-15-3-8-17(20)9-4-15/h1-12H,13H2/b10-5?,12-11+. The second-order valence-electron chi connectivity index (χ2n) is 5.01. The van der Waals surface area contributed by atoms with E-state index in [1.165, 1.54) is 12.2 Å². The van der Waals surface area contributed by atoms with Gasteiger partial charge in [-0.3, -0.25) is 4.79 Å². The average molecular weight is 564 g/mol. The molecule has 0 N–H and O–H groups in total. The van der Waals surface area contributed by atoms with Crippen molar-refractivity contribution >= 4 is 73.0 Å². The van der Waals surface area contributed by atoms with Gasteiger partial charge in [-0.1, -0.05) is 30.3 Å². The van der Waals surface area contributed by atoms with E-state index in [-0.39, 0.29) is 0 Å². The van der Waals surface area contributed by atoms with E-state index in [9.17, 15) is 13.2 Å². The lowest BCUT2D eigenvalue weighted by Gasteiger charge is -1.97. The molecule has 0 saturated carbocycles. The number of carbonyl (C=O) groups excluding carboxylic acids is 1. The molecule has 24 heavy (non-hydrogen) atoms. The summed E-state index contributed by atoms with van der Waals surface area (Å²) in [5.41, 5.74) is 1.64. The van der Waals surface area contributed by atoms with Gasteiger partial charge in [-0.05, 0) is 92.7 Å². The third kappa shape index (κ3) is 6.86. The maximum atomic E-state index is 12.0. The first kappa shape index (κ1) is 19.3. The van der Waals surface area contributed by atoms with Gasteiger partial charge >= 0.3 is 0 Å². The summed E-state index contributed by atoms with van der Waals surface area (Å²) in [4.78, 5) is 11.9. The van der Waals surface area contributed by atoms with E-state index in [0.29, 0.717) is 0 Å². The van der Waals surface area contributed by atoms with Gasteiger partial charge in [0.05, 0.1) is 0 Å². The van der Waals surface area contributed by atoms with Crippen LogP contribution < -0.4 is 0 Å². The van der Waals surface area contributed by atoms with Crippen molar-refractivity contribution in [2.75, 3.05) is 5.75 Å². The number of halogens is 2. The largest absolute Gasteiger partial charge is 0.294 e. The quantitative estimate of drug-likeness (QED) is 0.382. The van der Waals surface area contributed by atoms with Gasteiger partial charge in [-0.15, -0.1) is 0 Å². The van der Waals surface area contributed by atoms with Gasteiger partial charge in [0.2, 0.25) is 0 Å². The molecule has 0 atom stereocenters. The Balaban J connectivity index is 1.98. The zero-order chi connectivity index (χ0) is 17.6. The number of rotatable bonds is 6. The molecule has 2 rings (SSSR count). The maximum absolute atomic E-state index is 12.0. The monoisotopic (exact) mass is 564 g/mol. The van der Waals surface area contributed by atoms with E-state index in [2.05, 4.69) is 45.2 Å². The highest BCUT2D eigenvalue weighted by molar-refractivity contribution is 14.1. The van der Waals surface area contributed by atoms with Gasteiger partial charge in [0, 0.05) is 12.5 Å². The lowest BCUT2D eigenvalue weighted by molar-refractivity contribution is -0.112. The van der Waals surface area contributed by atoms with Crippen LogP contribution >= 0.6 is 45.2 Å². The summed E-state index contributed by atoms with van der Waals surface area (Å²) >= 11 is 4.37. The Bertz CT molecular complexity index is 865. The van der Waals surface area contributed by atoms with E-state index in [0.717, 1.165) is 23.7 Å². The molecular weight excluding hydrogens is 550 g/mol. The van der Waals surface area contributed by atoms with E-state index in [4.69, 9.17) is 0 Å². The molecule has 6 heteroatoms. The van der Waals surface area contributed by atoms with E-state index < -0.39 is 21.4 Å². The molecule has 0 aliphatic carbocycles. The van der Waals surface area contributed by atoms with Crippen LogP contribution in [-0.4, -0.2) is 20.0 Å². The molecule has 0 radical (unpaired) electrons. The Hall–Kier alpha value is -1.000. The van der Waals surface area contributed by atoms with Crippen LogP contribution in [-0.2, 0) is 14.6 Å². The van der Waals surface area contributed by atoms with Crippen LogP contribution in [0.5, 0.6) is 0 Å². The second-order valence-corrected chi connectivity index (χ2v) is 9.39. The Morgan fingerprint density at radius 3 is 1.79 bits per heavy atom. The molecule has 0 saturated heterocycles. The van der Waals surface area contributed by atoms with Crippen LogP contribution in [0.1, 0.15) is 11.1 Å². The van der Waals surface area contributed by atoms with E-state index in [1.807, 2.05) is 48.5 Å². The van der Waals surface area contributed by atoms with Crippen molar-refractivity contribution in [2.45, 2.75) is 0 Å². The van der Waals surface area contributed by atoms with Gasteiger partial charge in [-0.25, -0.2) is 8.42 Å². The topological polar surface area (TPSA) is 51.2 Å². The fourth-order valence-corrected chi connectivity index (χ4v) is 3.49. The SMILES string of the molecule is O=C(C=Cc1ccc(I)cc1)CS(=O)(=O)/C=C/c1ccc(I)cc1. The van der Waals surface area contributed by atoms with Gasteiger partial charge in [-0.2, -0.15) is 0 Å². The van der Waals surface area contributed by atoms with Crippen LogP contribution in [0.15, 0.2) is 60.0 Å². The molecule has 0 spiro atoms. The molecule has 0 aliphatic heterocycles. The van der Waals surface area contributed by atoms with E-state index >= 15 is 0 Å². The predicted molar refractivity (Wildman–Crippen MR) is 115 cm³/mol. The van der Waals surface area contributed by atoms with Crippen molar-refractivity contribution in [2.24, 2.45) is 0 Å². The van der Waals surface area contributed by atoms with E-state index in [1.54, 1.807) is 6.08 Å². The van der Waals surface area contributed by atoms with Crippen LogP contribution in [0.2, 0.25) is 0 Å². The minimum atomic E-state index is -3.58. The van der Waals surface area contributed by atoms with Crippen LogP contribution in [0.25, 0.3) is 12.2 Å². The summed E-state index contributed by atoms with van der Waals surface area (Å²) in [6.45, 7) is 0. The highest BCUT2D eigenvalue weighted by atomic mass is 127. The Morgan fingerprint density at radius 1 is 0.833 bits per heavy atom. The zero-order valence-electron chi connectivity index (χ0n) is 12.5. The third-order valence-electron chi connectivity index (χ3n) is 3.01. The Labute approximate surface area is 169 Å². The van der Waals surface area contributed by atoms with Crippen LogP contribution in [0.4, 0.5) is 0 Å². The lowest BCUT2D eigenvalue weighted by Crippen LogP contribution is -2.11. The van der Waals surface area contributed by atoms with Crippen molar-refractivity contribution in [3.8, 4) is 0 Å². The molecule has 0 amide bonds.